The van der Waals surface area contributed by atoms with E-state index in [1.807, 2.05) is 24.6 Å². The van der Waals surface area contributed by atoms with E-state index in [1.54, 1.807) is 11.3 Å². The lowest BCUT2D eigenvalue weighted by Gasteiger charge is -2.13. The molecule has 0 bridgehead atoms. The average Bonchev–Trinajstić information content (AvgIpc) is 3.00. The number of benzene rings is 1. The van der Waals surface area contributed by atoms with Gasteiger partial charge in [0, 0.05) is 5.69 Å². The zero-order chi connectivity index (χ0) is 16.7. The van der Waals surface area contributed by atoms with Crippen molar-refractivity contribution in [3.63, 3.8) is 0 Å². The molecule has 2 rings (SSSR count). The Bertz CT molecular complexity index is 644. The zero-order valence-electron chi connectivity index (χ0n) is 12.8. The maximum Gasteiger partial charge on any atom is 0.275 e. The normalized spacial score (nSPS) is 11.7. The lowest BCUT2D eigenvalue weighted by Crippen LogP contribution is -3.08. The second-order valence-corrected chi connectivity index (χ2v) is 6.25. The fourth-order valence-electron chi connectivity index (χ4n) is 2.03. The molecule has 122 valence electrons. The first kappa shape index (κ1) is 17.1. The maximum absolute atomic E-state index is 12.8. The van der Waals surface area contributed by atoms with Crippen molar-refractivity contribution >= 4 is 28.8 Å². The first-order valence-corrected chi connectivity index (χ1v) is 8.06. The second kappa shape index (κ2) is 8.40. The summed E-state index contributed by atoms with van der Waals surface area (Å²) in [6, 6.07) is 9.46. The zero-order valence-corrected chi connectivity index (χ0v) is 13.6. The fourth-order valence-corrected chi connectivity index (χ4v) is 2.85. The number of likely N-dealkylation sites (N-methyl/N-ethyl adjacent to an activating group) is 1. The molecule has 23 heavy (non-hydrogen) atoms. The van der Waals surface area contributed by atoms with Crippen LogP contribution in [0, 0.1) is 5.82 Å². The van der Waals surface area contributed by atoms with E-state index < -0.39 is 0 Å². The highest BCUT2D eigenvalue weighted by Gasteiger charge is 2.12. The number of nitrogens with one attached hydrogen (secondary N) is 3. The molecule has 0 radical (unpaired) electrons. The fraction of sp³-hybridized carbons (Fsp3) is 0.250. The summed E-state index contributed by atoms with van der Waals surface area (Å²) in [5, 5.41) is 7.17. The number of carbonyl (C=O) groups is 2. The molecule has 0 saturated carbocycles. The van der Waals surface area contributed by atoms with Gasteiger partial charge in [0.15, 0.2) is 6.54 Å². The van der Waals surface area contributed by atoms with Crippen LogP contribution in [0.4, 0.5) is 10.1 Å². The molecule has 1 aromatic carbocycles. The number of hydrogen-bond acceptors (Lipinski definition) is 3. The largest absolute Gasteiger partial charge is 0.342 e. The van der Waals surface area contributed by atoms with Crippen LogP contribution in [0.1, 0.15) is 4.88 Å². The molecule has 1 aromatic heterocycles. The van der Waals surface area contributed by atoms with Crippen LogP contribution in [0.25, 0.3) is 0 Å². The minimum atomic E-state index is -0.368. The van der Waals surface area contributed by atoms with Crippen molar-refractivity contribution in [1.29, 1.82) is 0 Å². The molecule has 2 aromatic rings. The van der Waals surface area contributed by atoms with Crippen LogP contribution in [0.2, 0.25) is 0 Å². The Morgan fingerprint density at radius 1 is 1.17 bits per heavy atom. The molecule has 3 N–H and O–H groups in total. The minimum Gasteiger partial charge on any atom is -0.342 e. The highest BCUT2D eigenvalue weighted by Crippen LogP contribution is 2.07. The first-order chi connectivity index (χ1) is 11.0. The number of halogens is 1. The summed E-state index contributed by atoms with van der Waals surface area (Å²) in [7, 11) is 1.93. The van der Waals surface area contributed by atoms with Gasteiger partial charge in [-0.2, -0.15) is 0 Å². The van der Waals surface area contributed by atoms with Crippen molar-refractivity contribution in [2.45, 2.75) is 6.54 Å². The van der Waals surface area contributed by atoms with E-state index in [0.29, 0.717) is 12.2 Å². The van der Waals surface area contributed by atoms with Crippen LogP contribution in [0.15, 0.2) is 41.8 Å². The molecule has 5 nitrogen and oxygen atoms in total. The van der Waals surface area contributed by atoms with E-state index in [2.05, 4.69) is 10.6 Å². The monoisotopic (exact) mass is 336 g/mol. The van der Waals surface area contributed by atoms with E-state index in [-0.39, 0.29) is 24.2 Å². The van der Waals surface area contributed by atoms with Crippen LogP contribution in [-0.4, -0.2) is 32.0 Å². The summed E-state index contributed by atoms with van der Waals surface area (Å²) in [6.07, 6.45) is 0. The molecule has 0 spiro atoms. The van der Waals surface area contributed by atoms with Gasteiger partial charge in [-0.1, -0.05) is 6.07 Å². The minimum absolute atomic E-state index is 0.109. The predicted octanol–water partition coefficient (Wildman–Crippen LogP) is 0.657. The van der Waals surface area contributed by atoms with Gasteiger partial charge in [-0.15, -0.1) is 11.3 Å². The van der Waals surface area contributed by atoms with Gasteiger partial charge in [-0.25, -0.2) is 4.39 Å². The molecule has 0 aliphatic carbocycles. The molecule has 2 amide bonds. The number of amides is 2. The van der Waals surface area contributed by atoms with Crippen molar-refractivity contribution in [1.82, 2.24) is 5.32 Å². The van der Waals surface area contributed by atoms with Gasteiger partial charge in [0.05, 0.1) is 18.5 Å². The summed E-state index contributed by atoms with van der Waals surface area (Å²) in [5.74, 6) is -0.901. The van der Waals surface area contributed by atoms with Gasteiger partial charge < -0.3 is 15.5 Å². The Labute approximate surface area is 138 Å². The molecule has 0 aliphatic heterocycles. The Morgan fingerprint density at radius 2 is 1.91 bits per heavy atom. The summed E-state index contributed by atoms with van der Waals surface area (Å²) in [5.41, 5.74) is 0.492. The quantitative estimate of drug-likeness (QED) is 0.695. The van der Waals surface area contributed by atoms with Gasteiger partial charge in [-0.3, -0.25) is 9.59 Å². The lowest BCUT2D eigenvalue weighted by atomic mass is 10.3. The Hall–Kier alpha value is -2.25. The van der Waals surface area contributed by atoms with Gasteiger partial charge in [0.2, 0.25) is 5.91 Å². The average molecular weight is 336 g/mol. The molecular weight excluding hydrogens is 317 g/mol. The number of hydrogen-bond donors (Lipinski definition) is 3. The third-order valence-corrected chi connectivity index (χ3v) is 3.97. The van der Waals surface area contributed by atoms with E-state index in [4.69, 9.17) is 0 Å². The number of carbonyl (C=O) groups excluding carboxylic acids is 2. The first-order valence-electron chi connectivity index (χ1n) is 7.19. The molecular formula is C16H19FN3O2S+. The summed E-state index contributed by atoms with van der Waals surface area (Å²) in [4.78, 5) is 25.8. The Kier molecular flexibility index (Phi) is 6.25. The van der Waals surface area contributed by atoms with Crippen molar-refractivity contribution < 1.29 is 18.9 Å². The lowest BCUT2D eigenvalue weighted by molar-refractivity contribution is -0.885. The van der Waals surface area contributed by atoms with E-state index >= 15 is 0 Å². The number of thiophene rings is 1. The SMILES string of the molecule is C[NH+](CC(=O)NCC(=O)Nc1ccc(F)cc1)Cc1cccs1. The highest BCUT2D eigenvalue weighted by atomic mass is 32.1. The molecule has 0 aliphatic rings. The standard InChI is InChI=1S/C16H18FN3O2S/c1-20(10-14-3-2-8-23-14)11-16(22)18-9-15(21)19-13-6-4-12(17)5-7-13/h2-8H,9-11H2,1H3,(H,18,22)(H,19,21)/p+1. The number of rotatable bonds is 7. The molecule has 1 heterocycles. The van der Waals surface area contributed by atoms with Gasteiger partial charge >= 0.3 is 0 Å². The molecule has 1 unspecified atom stereocenters. The molecule has 1 atom stereocenters. The second-order valence-electron chi connectivity index (χ2n) is 5.22. The summed E-state index contributed by atoms with van der Waals surface area (Å²) in [6.45, 7) is 0.955. The predicted molar refractivity (Wildman–Crippen MR) is 87.8 cm³/mol. The molecule has 0 saturated heterocycles. The van der Waals surface area contributed by atoms with Gasteiger partial charge in [-0.05, 0) is 35.7 Å². The Morgan fingerprint density at radius 3 is 2.57 bits per heavy atom. The van der Waals surface area contributed by atoms with Crippen LogP contribution in [-0.2, 0) is 16.1 Å². The number of anilines is 1. The van der Waals surface area contributed by atoms with Gasteiger partial charge in [0.25, 0.3) is 5.91 Å². The summed E-state index contributed by atoms with van der Waals surface area (Å²) >= 11 is 1.66. The van der Waals surface area contributed by atoms with Crippen molar-refractivity contribution in [2.75, 3.05) is 25.5 Å². The third kappa shape index (κ3) is 6.17. The van der Waals surface area contributed by atoms with Crippen molar-refractivity contribution in [2.24, 2.45) is 0 Å². The summed E-state index contributed by atoms with van der Waals surface area (Å²) < 4.78 is 12.8. The van der Waals surface area contributed by atoms with Crippen molar-refractivity contribution in [3.8, 4) is 0 Å². The van der Waals surface area contributed by atoms with E-state index in [9.17, 15) is 14.0 Å². The molecule has 7 heteroatoms. The molecule has 0 fully saturated rings. The van der Waals surface area contributed by atoms with Crippen LogP contribution < -0.4 is 15.5 Å². The van der Waals surface area contributed by atoms with Crippen LogP contribution in [0.5, 0.6) is 0 Å². The smallest absolute Gasteiger partial charge is 0.275 e. The number of quaternary nitrogens is 1. The van der Waals surface area contributed by atoms with Crippen molar-refractivity contribution in [3.05, 3.63) is 52.5 Å². The maximum atomic E-state index is 12.8. The third-order valence-electron chi connectivity index (χ3n) is 3.09. The Balaban J connectivity index is 1.69. The van der Waals surface area contributed by atoms with E-state index in [0.717, 1.165) is 11.4 Å². The van der Waals surface area contributed by atoms with E-state index in [1.165, 1.54) is 29.1 Å². The topological polar surface area (TPSA) is 62.6 Å². The van der Waals surface area contributed by atoms with Crippen LogP contribution in [0.3, 0.4) is 0 Å². The van der Waals surface area contributed by atoms with Gasteiger partial charge in [0.1, 0.15) is 12.4 Å². The highest BCUT2D eigenvalue weighted by molar-refractivity contribution is 7.09. The van der Waals surface area contributed by atoms with Crippen LogP contribution >= 0.6 is 11.3 Å².